The van der Waals surface area contributed by atoms with E-state index in [9.17, 15) is 9.18 Å². The van der Waals surface area contributed by atoms with Crippen molar-refractivity contribution in [2.75, 3.05) is 37.7 Å². The molecule has 0 aliphatic rings. The minimum Gasteiger partial charge on any atom is -0.484 e. The van der Waals surface area contributed by atoms with Crippen LogP contribution in [-0.2, 0) is 4.79 Å². The Balaban J connectivity index is 0.00000320. The zero-order valence-electron chi connectivity index (χ0n) is 16.8. The fraction of sp³-hybridized carbons (Fsp3) is 0.333. The minimum atomic E-state index is -0.390. The first-order chi connectivity index (χ1) is 14.0. The van der Waals surface area contributed by atoms with Gasteiger partial charge in [0, 0.05) is 18.1 Å². The van der Waals surface area contributed by atoms with E-state index in [1.165, 1.54) is 17.4 Å². The summed E-state index contributed by atoms with van der Waals surface area (Å²) < 4.78 is 20.4. The highest BCUT2D eigenvalue weighted by atomic mass is 35.5. The number of fused-ring (bicyclic) bond motifs is 1. The Labute approximate surface area is 190 Å². The van der Waals surface area contributed by atoms with Gasteiger partial charge in [-0.25, -0.2) is 9.37 Å². The van der Waals surface area contributed by atoms with Gasteiger partial charge in [0.05, 0.1) is 4.70 Å². The number of benzene rings is 2. The predicted molar refractivity (Wildman–Crippen MR) is 124 cm³/mol. The lowest BCUT2D eigenvalue weighted by Gasteiger charge is -2.24. The fourth-order valence-corrected chi connectivity index (χ4v) is 4.03. The van der Waals surface area contributed by atoms with E-state index < -0.39 is 5.82 Å². The number of aromatic nitrogens is 1. The molecule has 0 spiro atoms. The number of para-hydroxylation sites is 1. The fourth-order valence-electron chi connectivity index (χ4n) is 2.88. The van der Waals surface area contributed by atoms with Crippen LogP contribution in [0.2, 0.25) is 5.02 Å². The van der Waals surface area contributed by atoms with Gasteiger partial charge in [-0.15, -0.1) is 12.4 Å². The van der Waals surface area contributed by atoms with E-state index in [4.69, 9.17) is 16.3 Å². The summed E-state index contributed by atoms with van der Waals surface area (Å²) in [5.74, 6) is -0.0630. The number of ether oxygens (including phenoxy) is 1. The van der Waals surface area contributed by atoms with Crippen molar-refractivity contribution in [2.45, 2.75) is 13.8 Å². The third-order valence-electron chi connectivity index (χ3n) is 4.60. The molecule has 0 aliphatic heterocycles. The number of thiazole rings is 1. The molecule has 1 heterocycles. The third kappa shape index (κ3) is 6.04. The second-order valence-electron chi connectivity index (χ2n) is 6.40. The number of hydrogen-bond acceptors (Lipinski definition) is 5. The van der Waals surface area contributed by atoms with Gasteiger partial charge in [0.25, 0.3) is 5.91 Å². The number of rotatable bonds is 9. The first-order valence-electron chi connectivity index (χ1n) is 9.48. The lowest BCUT2D eigenvalue weighted by Crippen LogP contribution is -2.41. The number of carbonyl (C=O) groups is 1. The maximum atomic E-state index is 14.1. The molecular formula is C21H24Cl2FN3O2S. The van der Waals surface area contributed by atoms with E-state index in [-0.39, 0.29) is 30.4 Å². The highest BCUT2D eigenvalue weighted by Gasteiger charge is 2.22. The van der Waals surface area contributed by atoms with Gasteiger partial charge < -0.3 is 9.64 Å². The third-order valence-corrected chi connectivity index (χ3v) is 5.90. The summed E-state index contributed by atoms with van der Waals surface area (Å²) in [6, 6.07) is 11.7. The summed E-state index contributed by atoms with van der Waals surface area (Å²) >= 11 is 7.18. The molecule has 162 valence electrons. The molecule has 9 heteroatoms. The normalized spacial score (nSPS) is 10.8. The predicted octanol–water partition coefficient (Wildman–Crippen LogP) is 5.26. The maximum Gasteiger partial charge on any atom is 0.266 e. The number of anilines is 1. The molecule has 1 aromatic heterocycles. The monoisotopic (exact) mass is 471 g/mol. The Morgan fingerprint density at radius 1 is 1.13 bits per heavy atom. The van der Waals surface area contributed by atoms with Gasteiger partial charge in [-0.05, 0) is 49.5 Å². The highest BCUT2D eigenvalue weighted by Crippen LogP contribution is 2.30. The Bertz CT molecular complexity index is 965. The van der Waals surface area contributed by atoms with Crippen molar-refractivity contribution in [1.29, 1.82) is 0 Å². The number of amides is 1. The first kappa shape index (κ1) is 24.3. The molecular weight excluding hydrogens is 448 g/mol. The molecule has 0 aliphatic carbocycles. The van der Waals surface area contributed by atoms with Crippen LogP contribution in [0.25, 0.3) is 10.2 Å². The molecule has 0 N–H and O–H groups in total. The van der Waals surface area contributed by atoms with Crippen molar-refractivity contribution in [2.24, 2.45) is 0 Å². The average Bonchev–Trinajstić information content (AvgIpc) is 3.16. The average molecular weight is 472 g/mol. The summed E-state index contributed by atoms with van der Waals surface area (Å²) in [7, 11) is 0. The van der Waals surface area contributed by atoms with Crippen LogP contribution in [-0.4, -0.2) is 48.6 Å². The SMILES string of the molecule is CCN(CC)CCN(C(=O)COc1ccc(Cl)cc1)c1nc2c(F)cccc2s1.Cl. The summed E-state index contributed by atoms with van der Waals surface area (Å²) in [6.07, 6.45) is 0. The molecule has 2 aromatic carbocycles. The molecule has 0 unspecified atom stereocenters. The molecule has 0 radical (unpaired) electrons. The van der Waals surface area contributed by atoms with E-state index >= 15 is 0 Å². The Morgan fingerprint density at radius 3 is 2.47 bits per heavy atom. The van der Waals surface area contributed by atoms with Gasteiger partial charge in [0.15, 0.2) is 11.7 Å². The quantitative estimate of drug-likeness (QED) is 0.426. The first-order valence-corrected chi connectivity index (χ1v) is 10.7. The van der Waals surface area contributed by atoms with Gasteiger partial charge in [0.1, 0.15) is 17.1 Å². The second-order valence-corrected chi connectivity index (χ2v) is 7.84. The molecule has 30 heavy (non-hydrogen) atoms. The minimum absolute atomic E-state index is 0. The number of likely N-dealkylation sites (N-methyl/N-ethyl adjacent to an activating group) is 1. The lowest BCUT2D eigenvalue weighted by molar-refractivity contribution is -0.120. The van der Waals surface area contributed by atoms with Crippen molar-refractivity contribution in [1.82, 2.24) is 9.88 Å². The molecule has 3 rings (SSSR count). The van der Waals surface area contributed by atoms with Crippen LogP contribution in [0.3, 0.4) is 0 Å². The number of carbonyl (C=O) groups excluding carboxylic acids is 1. The van der Waals surface area contributed by atoms with E-state index in [0.717, 1.165) is 13.1 Å². The molecule has 0 bridgehead atoms. The molecule has 5 nitrogen and oxygen atoms in total. The number of hydrogen-bond donors (Lipinski definition) is 0. The lowest BCUT2D eigenvalue weighted by atomic mass is 10.3. The van der Waals surface area contributed by atoms with Crippen molar-refractivity contribution >= 4 is 56.6 Å². The van der Waals surface area contributed by atoms with Gasteiger partial charge >= 0.3 is 0 Å². The highest BCUT2D eigenvalue weighted by molar-refractivity contribution is 7.22. The van der Waals surface area contributed by atoms with Crippen LogP contribution in [0.5, 0.6) is 5.75 Å². The van der Waals surface area contributed by atoms with Gasteiger partial charge in [-0.3, -0.25) is 9.69 Å². The smallest absolute Gasteiger partial charge is 0.266 e. The van der Waals surface area contributed by atoms with E-state index in [0.29, 0.717) is 33.7 Å². The Morgan fingerprint density at radius 2 is 1.83 bits per heavy atom. The molecule has 0 saturated carbocycles. The number of nitrogens with zero attached hydrogens (tertiary/aromatic N) is 3. The van der Waals surface area contributed by atoms with Crippen molar-refractivity contribution < 1.29 is 13.9 Å². The topological polar surface area (TPSA) is 45.7 Å². The summed E-state index contributed by atoms with van der Waals surface area (Å²) in [4.78, 5) is 21.1. The summed E-state index contributed by atoms with van der Waals surface area (Å²) in [5.41, 5.74) is 0.284. The van der Waals surface area contributed by atoms with E-state index in [1.54, 1.807) is 41.3 Å². The van der Waals surface area contributed by atoms with Crippen LogP contribution in [0.15, 0.2) is 42.5 Å². The van der Waals surface area contributed by atoms with Crippen molar-refractivity contribution in [3.63, 3.8) is 0 Å². The van der Waals surface area contributed by atoms with Crippen molar-refractivity contribution in [3.8, 4) is 5.75 Å². The Kier molecular flexibility index (Phi) is 9.30. The number of halogens is 3. The molecule has 0 fully saturated rings. The van der Waals surface area contributed by atoms with Gasteiger partial charge in [-0.1, -0.05) is 42.9 Å². The van der Waals surface area contributed by atoms with E-state index in [1.807, 2.05) is 0 Å². The van der Waals surface area contributed by atoms with E-state index in [2.05, 4.69) is 23.7 Å². The van der Waals surface area contributed by atoms with Gasteiger partial charge in [0.2, 0.25) is 0 Å². The maximum absolute atomic E-state index is 14.1. The van der Waals surface area contributed by atoms with Crippen LogP contribution in [0.1, 0.15) is 13.8 Å². The van der Waals surface area contributed by atoms with Crippen molar-refractivity contribution in [3.05, 3.63) is 53.3 Å². The molecule has 0 atom stereocenters. The second kappa shape index (κ2) is 11.5. The Hall–Kier alpha value is -1.93. The largest absolute Gasteiger partial charge is 0.484 e. The molecule has 3 aromatic rings. The molecule has 0 saturated heterocycles. The zero-order chi connectivity index (χ0) is 20.8. The van der Waals surface area contributed by atoms with Crippen LogP contribution in [0.4, 0.5) is 9.52 Å². The van der Waals surface area contributed by atoms with Crippen LogP contribution < -0.4 is 9.64 Å². The summed E-state index contributed by atoms with van der Waals surface area (Å²) in [5, 5.41) is 1.07. The van der Waals surface area contributed by atoms with Gasteiger partial charge in [-0.2, -0.15) is 0 Å². The summed E-state index contributed by atoms with van der Waals surface area (Å²) in [6.45, 7) is 6.92. The van der Waals surface area contributed by atoms with Crippen LogP contribution >= 0.6 is 35.3 Å². The standard InChI is InChI=1S/C21H23ClFN3O2S.ClH/c1-3-25(4-2)12-13-26(19(27)14-28-16-10-8-15(22)9-11-16)21-24-20-17(23)6-5-7-18(20)29-21;/h5-11H,3-4,12-14H2,1-2H3;1H. The molecule has 1 amide bonds. The van der Waals surface area contributed by atoms with Crippen LogP contribution in [0, 0.1) is 5.82 Å². The zero-order valence-corrected chi connectivity index (χ0v) is 19.2.